The number of aliphatic hydroxyl groups excluding tert-OH is 1. The zero-order chi connectivity index (χ0) is 29.4. The fourth-order valence-corrected chi connectivity index (χ4v) is 5.86. The van der Waals surface area contributed by atoms with Gasteiger partial charge in [0.1, 0.15) is 6.61 Å². The Balaban J connectivity index is 1.24. The van der Waals surface area contributed by atoms with Crippen LogP contribution in [0, 0.1) is 11.8 Å². The van der Waals surface area contributed by atoms with E-state index >= 15 is 0 Å². The summed E-state index contributed by atoms with van der Waals surface area (Å²) in [7, 11) is 0. The van der Waals surface area contributed by atoms with Gasteiger partial charge in [-0.25, -0.2) is 0 Å². The molecule has 0 spiro atoms. The fraction of sp³-hybridized carbons (Fsp3) is 0.410. The van der Waals surface area contributed by atoms with Crippen LogP contribution in [0.1, 0.15) is 82.3 Å². The Labute approximate surface area is 253 Å². The minimum Gasteiger partial charge on any atom is -0.504 e. The lowest BCUT2D eigenvalue weighted by Crippen LogP contribution is -2.14. The molecule has 0 saturated carbocycles. The van der Waals surface area contributed by atoms with E-state index < -0.39 is 0 Å². The third kappa shape index (κ3) is 11.4. The van der Waals surface area contributed by atoms with Crippen LogP contribution in [0.3, 0.4) is 0 Å². The van der Waals surface area contributed by atoms with E-state index in [-0.39, 0.29) is 11.9 Å². The van der Waals surface area contributed by atoms with E-state index in [1.54, 1.807) is 0 Å². The molecular weight excluding hydrogens is 516 g/mol. The summed E-state index contributed by atoms with van der Waals surface area (Å²) >= 11 is 0. The third-order valence-electron chi connectivity index (χ3n) is 8.24. The molecule has 0 saturated heterocycles. The molecule has 2 aliphatic carbocycles. The highest BCUT2D eigenvalue weighted by Gasteiger charge is 2.16. The van der Waals surface area contributed by atoms with Gasteiger partial charge in [0.15, 0.2) is 11.5 Å². The summed E-state index contributed by atoms with van der Waals surface area (Å²) in [4.78, 5) is 0. The molecule has 3 atom stereocenters. The van der Waals surface area contributed by atoms with Gasteiger partial charge in [0.25, 0.3) is 0 Å². The van der Waals surface area contributed by atoms with Crippen molar-refractivity contribution in [3.8, 4) is 11.5 Å². The van der Waals surface area contributed by atoms with Crippen LogP contribution in [-0.2, 0) is 13.0 Å². The molecule has 3 heteroatoms. The zero-order valence-electron chi connectivity index (χ0n) is 25.3. The minimum atomic E-state index is -0.259. The normalized spacial score (nSPS) is 17.4. The van der Waals surface area contributed by atoms with Crippen molar-refractivity contribution < 1.29 is 14.9 Å². The first-order chi connectivity index (χ1) is 20.5. The molecule has 2 aromatic carbocycles. The van der Waals surface area contributed by atoms with Crippen molar-refractivity contribution in [3.05, 3.63) is 125 Å². The van der Waals surface area contributed by atoms with Crippen LogP contribution in [0.25, 0.3) is 0 Å². The number of aromatic hydroxyl groups is 1. The Morgan fingerprint density at radius 3 is 2.60 bits per heavy atom. The molecule has 42 heavy (non-hydrogen) atoms. The van der Waals surface area contributed by atoms with Gasteiger partial charge in [0.2, 0.25) is 0 Å². The van der Waals surface area contributed by atoms with E-state index in [1.807, 2.05) is 60.7 Å². The number of benzene rings is 2. The van der Waals surface area contributed by atoms with Crippen molar-refractivity contribution >= 4 is 0 Å². The fourth-order valence-electron chi connectivity index (χ4n) is 5.86. The van der Waals surface area contributed by atoms with Gasteiger partial charge in [0.05, 0.1) is 6.10 Å². The van der Waals surface area contributed by atoms with Gasteiger partial charge in [-0.1, -0.05) is 104 Å². The van der Waals surface area contributed by atoms with E-state index in [4.69, 9.17) is 4.74 Å². The highest BCUT2D eigenvalue weighted by atomic mass is 16.5. The minimum absolute atomic E-state index is 0.192. The summed E-state index contributed by atoms with van der Waals surface area (Å²) in [6.07, 6.45) is 28.1. The van der Waals surface area contributed by atoms with Crippen LogP contribution in [-0.4, -0.2) is 16.3 Å². The summed E-state index contributed by atoms with van der Waals surface area (Å²) in [6.45, 7) is 2.71. The van der Waals surface area contributed by atoms with Crippen molar-refractivity contribution in [2.45, 2.75) is 90.3 Å². The second kappa shape index (κ2) is 17.4. The van der Waals surface area contributed by atoms with E-state index in [0.717, 1.165) is 81.8 Å². The quantitative estimate of drug-likeness (QED) is 0.148. The van der Waals surface area contributed by atoms with Crippen molar-refractivity contribution in [1.29, 1.82) is 0 Å². The molecule has 4 rings (SSSR count). The number of phenols is 1. The molecule has 0 amide bonds. The van der Waals surface area contributed by atoms with Gasteiger partial charge in [0, 0.05) is 0 Å². The topological polar surface area (TPSA) is 49.7 Å². The third-order valence-corrected chi connectivity index (χ3v) is 8.24. The van der Waals surface area contributed by atoms with Crippen molar-refractivity contribution in [1.82, 2.24) is 0 Å². The smallest absolute Gasteiger partial charge is 0.161 e. The number of phenolic OH excluding ortho intramolecular Hbond substituents is 1. The lowest BCUT2D eigenvalue weighted by molar-refractivity contribution is 0.124. The molecule has 0 aromatic heterocycles. The van der Waals surface area contributed by atoms with E-state index in [0.29, 0.717) is 24.2 Å². The van der Waals surface area contributed by atoms with Crippen molar-refractivity contribution in [2.24, 2.45) is 11.8 Å². The summed E-state index contributed by atoms with van der Waals surface area (Å²) in [5.41, 5.74) is 8.25. The van der Waals surface area contributed by atoms with E-state index in [9.17, 15) is 10.2 Å². The van der Waals surface area contributed by atoms with Gasteiger partial charge in [-0.3, -0.25) is 0 Å². The summed E-state index contributed by atoms with van der Waals surface area (Å²) in [6, 6.07) is 15.8. The van der Waals surface area contributed by atoms with Crippen molar-refractivity contribution in [3.63, 3.8) is 0 Å². The van der Waals surface area contributed by atoms with Crippen LogP contribution in [0.2, 0.25) is 0 Å². The number of hydrogen-bond acceptors (Lipinski definition) is 3. The largest absolute Gasteiger partial charge is 0.504 e. The van der Waals surface area contributed by atoms with Crippen LogP contribution in [0.15, 0.2) is 114 Å². The van der Waals surface area contributed by atoms with Gasteiger partial charge in [-0.05, 0) is 105 Å². The molecule has 0 fully saturated rings. The predicted octanol–water partition coefficient (Wildman–Crippen LogP) is 9.73. The number of aliphatic hydroxyl groups is 1. The van der Waals surface area contributed by atoms with Gasteiger partial charge in [-0.15, -0.1) is 5.73 Å². The Kier molecular flexibility index (Phi) is 13.0. The number of unbranched alkanes of at least 4 members (excludes halogenated alkanes) is 1. The van der Waals surface area contributed by atoms with Gasteiger partial charge < -0.3 is 14.9 Å². The average molecular weight is 565 g/mol. The first kappa shape index (κ1) is 31.4. The van der Waals surface area contributed by atoms with E-state index in [1.165, 1.54) is 11.1 Å². The Bertz CT molecular complexity index is 1290. The molecular formula is C39H48O3. The number of hydrogen-bond donors (Lipinski definition) is 2. The number of ether oxygens (including phenoxy) is 1. The van der Waals surface area contributed by atoms with Crippen LogP contribution >= 0.6 is 0 Å². The highest BCUT2D eigenvalue weighted by molar-refractivity contribution is 5.42. The molecule has 2 N–H and O–H groups in total. The molecule has 0 bridgehead atoms. The maximum absolute atomic E-state index is 11.0. The number of rotatable bonds is 17. The summed E-state index contributed by atoms with van der Waals surface area (Å²) in [5, 5.41) is 21.5. The van der Waals surface area contributed by atoms with Gasteiger partial charge in [-0.2, -0.15) is 0 Å². The second-order valence-electron chi connectivity index (χ2n) is 11.9. The molecule has 3 nitrogen and oxygen atoms in total. The molecule has 2 aliphatic rings. The zero-order valence-corrected chi connectivity index (χ0v) is 25.3. The second-order valence-corrected chi connectivity index (χ2v) is 11.9. The highest BCUT2D eigenvalue weighted by Crippen LogP contribution is 2.30. The molecule has 0 radical (unpaired) electrons. The first-order valence-corrected chi connectivity index (χ1v) is 15.9. The Hall–Kier alpha value is -3.52. The maximum Gasteiger partial charge on any atom is 0.161 e. The maximum atomic E-state index is 11.0. The van der Waals surface area contributed by atoms with Crippen molar-refractivity contribution in [2.75, 3.05) is 0 Å². The number of aryl methyl sites for hydroxylation is 1. The first-order valence-electron chi connectivity index (χ1n) is 15.9. The SMILES string of the molecule is CC1C=C(CCCCC(O)CC(CCCc2ccc(OCc3ccccc3)c(O)c2)CCC2=C=CC=CC=C2)C=CC1. The molecule has 0 aliphatic heterocycles. The summed E-state index contributed by atoms with van der Waals surface area (Å²) in [5.74, 6) is 1.80. The molecule has 3 unspecified atom stereocenters. The van der Waals surface area contributed by atoms with Crippen LogP contribution in [0.4, 0.5) is 0 Å². The standard InChI is InChI=1S/C39H48O3/c1-31-13-11-19-33(27-31)16-9-10-22-37(40)28-34(24-23-32-14-5-2-3-6-15-32)20-12-21-35-25-26-39(38(41)29-35)42-30-36-17-7-4-8-18-36/h2-8,11,14,17-19,25-27,29,31,34,37,40-41H,9-10,12-13,16,20-24,28,30H2,1H3. The average Bonchev–Trinajstić information content (AvgIpc) is 3.27. The lowest BCUT2D eigenvalue weighted by atomic mass is 9.87. The van der Waals surface area contributed by atoms with E-state index in [2.05, 4.69) is 49.1 Å². The Morgan fingerprint density at radius 1 is 0.881 bits per heavy atom. The summed E-state index contributed by atoms with van der Waals surface area (Å²) < 4.78 is 5.84. The predicted molar refractivity (Wildman–Crippen MR) is 175 cm³/mol. The Morgan fingerprint density at radius 2 is 1.76 bits per heavy atom. The monoisotopic (exact) mass is 564 g/mol. The molecule has 2 aromatic rings. The lowest BCUT2D eigenvalue weighted by Gasteiger charge is -2.21. The van der Waals surface area contributed by atoms with Crippen LogP contribution < -0.4 is 4.74 Å². The van der Waals surface area contributed by atoms with Crippen LogP contribution in [0.5, 0.6) is 11.5 Å². The molecule has 0 heterocycles. The number of allylic oxidation sites excluding steroid dienone is 9. The molecule has 222 valence electrons. The van der Waals surface area contributed by atoms with Gasteiger partial charge >= 0.3 is 0 Å².